The van der Waals surface area contributed by atoms with Gasteiger partial charge in [0.25, 0.3) is 17.4 Å². The number of hydrogen-bond acceptors (Lipinski definition) is 7. The molecule has 9 nitrogen and oxygen atoms in total. The third-order valence-corrected chi connectivity index (χ3v) is 7.85. The second-order valence-corrected chi connectivity index (χ2v) is 11.7. The van der Waals surface area contributed by atoms with Crippen molar-refractivity contribution < 1.29 is 27.9 Å². The second-order valence-electron chi connectivity index (χ2n) is 11.7. The molecule has 2 heterocycles. The van der Waals surface area contributed by atoms with Crippen molar-refractivity contribution in [1.82, 2.24) is 20.2 Å². The highest BCUT2D eigenvalue weighted by Gasteiger charge is 2.69. The highest BCUT2D eigenvalue weighted by molar-refractivity contribution is 6.07. The summed E-state index contributed by atoms with van der Waals surface area (Å²) >= 11 is 0. The van der Waals surface area contributed by atoms with Crippen LogP contribution in [0.15, 0.2) is 42.9 Å². The molecule has 2 N–H and O–H groups in total. The van der Waals surface area contributed by atoms with E-state index < -0.39 is 47.4 Å². The van der Waals surface area contributed by atoms with E-state index in [1.807, 2.05) is 20.8 Å². The molecule has 2 fully saturated rings. The van der Waals surface area contributed by atoms with E-state index in [2.05, 4.69) is 15.3 Å². The number of nitrogens with zero attached hydrogens (tertiary/aromatic N) is 5. The molecular formula is C29H35F3N6O3. The molecule has 1 unspecified atom stereocenters. The van der Waals surface area contributed by atoms with E-state index >= 15 is 13.2 Å². The highest BCUT2D eigenvalue weighted by atomic mass is 19.4. The van der Waals surface area contributed by atoms with Gasteiger partial charge in [-0.15, -0.1) is 0 Å². The summed E-state index contributed by atoms with van der Waals surface area (Å²) in [5, 5.41) is 22.5. The van der Waals surface area contributed by atoms with E-state index in [-0.39, 0.29) is 24.1 Å². The molecule has 3 atom stereocenters. The van der Waals surface area contributed by atoms with Crippen LogP contribution in [-0.2, 0) is 20.5 Å². The first kappa shape index (κ1) is 30.2. The lowest BCUT2D eigenvalue weighted by atomic mass is 9.85. The van der Waals surface area contributed by atoms with E-state index in [0.717, 1.165) is 42.1 Å². The van der Waals surface area contributed by atoms with Crippen LogP contribution < -0.4 is 10.2 Å². The Balaban J connectivity index is 1.98. The van der Waals surface area contributed by atoms with Crippen LogP contribution in [0.5, 0.6) is 0 Å². The number of aromatic nitrogens is 2. The first-order valence-electron chi connectivity index (χ1n) is 13.7. The van der Waals surface area contributed by atoms with E-state index in [4.69, 9.17) is 0 Å². The van der Waals surface area contributed by atoms with Crippen molar-refractivity contribution in [2.75, 3.05) is 11.4 Å². The van der Waals surface area contributed by atoms with Crippen molar-refractivity contribution >= 4 is 17.5 Å². The Morgan fingerprint density at radius 2 is 1.76 bits per heavy atom. The monoisotopic (exact) mass is 572 g/mol. The Labute approximate surface area is 237 Å². The number of rotatable bonds is 6. The molecule has 1 aliphatic carbocycles. The van der Waals surface area contributed by atoms with Crippen molar-refractivity contribution in [3.63, 3.8) is 0 Å². The minimum Gasteiger partial charge on any atom is -0.391 e. The molecule has 41 heavy (non-hydrogen) atoms. The highest BCUT2D eigenvalue weighted by Crippen LogP contribution is 2.47. The fourth-order valence-corrected chi connectivity index (χ4v) is 5.66. The molecule has 1 saturated carbocycles. The summed E-state index contributed by atoms with van der Waals surface area (Å²) in [6.45, 7) is 5.59. The van der Waals surface area contributed by atoms with Crippen LogP contribution in [-0.4, -0.2) is 62.7 Å². The summed E-state index contributed by atoms with van der Waals surface area (Å²) in [6.07, 6.45) is 1.54. The van der Waals surface area contributed by atoms with E-state index in [9.17, 15) is 20.0 Å². The van der Waals surface area contributed by atoms with Gasteiger partial charge in [0.1, 0.15) is 11.7 Å². The van der Waals surface area contributed by atoms with Crippen LogP contribution in [0, 0.1) is 11.5 Å². The number of aliphatic hydroxyl groups excluding tert-OH is 1. The number of halogens is 3. The number of aliphatic hydroxyl groups is 1. The second kappa shape index (κ2) is 11.6. The Bertz CT molecular complexity index is 1270. The molecule has 2 aromatic rings. The number of alkyl halides is 3. The van der Waals surface area contributed by atoms with Gasteiger partial charge in [0.05, 0.1) is 18.8 Å². The third kappa shape index (κ3) is 5.86. The summed E-state index contributed by atoms with van der Waals surface area (Å²) in [4.78, 5) is 37.6. The smallest absolute Gasteiger partial charge is 0.391 e. The van der Waals surface area contributed by atoms with Gasteiger partial charge in [-0.1, -0.05) is 52.2 Å². The van der Waals surface area contributed by atoms with Gasteiger partial charge in [-0.25, -0.2) is 0 Å². The van der Waals surface area contributed by atoms with E-state index in [1.54, 1.807) is 18.3 Å². The standard InChI is InChI=1S/C29H35F3N6O3/c1-27(2,3)19-9-11-21(12-10-19)38(25(40)23-15-22(39)17-37(23)18-33)28(29(30,31)32,24-16-34-13-14-35-24)26(41)36-20-7-5-4-6-8-20/h9-14,16,20,22-23,39H,4-8,15,17H2,1-3H3,(H,36,41)/t22-,23-,28?/m1/s1. The first-order chi connectivity index (χ1) is 19.3. The van der Waals surface area contributed by atoms with Crippen LogP contribution in [0.4, 0.5) is 18.9 Å². The molecule has 1 aromatic carbocycles. The predicted molar refractivity (Wildman–Crippen MR) is 144 cm³/mol. The number of likely N-dealkylation sites (tertiary alicyclic amines) is 1. The molecule has 0 bridgehead atoms. The topological polar surface area (TPSA) is 122 Å². The Morgan fingerprint density at radius 3 is 2.29 bits per heavy atom. The lowest BCUT2D eigenvalue weighted by molar-refractivity contribution is -0.198. The van der Waals surface area contributed by atoms with E-state index in [1.165, 1.54) is 18.3 Å². The quantitative estimate of drug-likeness (QED) is 0.503. The lowest BCUT2D eigenvalue weighted by Crippen LogP contribution is -2.69. The number of nitriles is 1. The molecule has 1 aliphatic heterocycles. The molecular weight excluding hydrogens is 537 g/mol. The number of anilines is 1. The van der Waals surface area contributed by atoms with Gasteiger partial charge in [-0.2, -0.15) is 18.4 Å². The van der Waals surface area contributed by atoms with Gasteiger partial charge < -0.3 is 10.4 Å². The van der Waals surface area contributed by atoms with Crippen LogP contribution in [0.1, 0.15) is 70.6 Å². The maximum absolute atomic E-state index is 15.7. The van der Waals surface area contributed by atoms with Crippen LogP contribution in [0.2, 0.25) is 0 Å². The number of nitrogens with one attached hydrogen (secondary N) is 1. The molecule has 12 heteroatoms. The van der Waals surface area contributed by atoms with Gasteiger partial charge in [0.2, 0.25) is 0 Å². The largest absolute Gasteiger partial charge is 0.427 e. The fraction of sp³-hybridized carbons (Fsp3) is 0.552. The number of benzene rings is 1. The summed E-state index contributed by atoms with van der Waals surface area (Å²) in [6, 6.07) is 4.00. The van der Waals surface area contributed by atoms with E-state index in [0.29, 0.717) is 17.7 Å². The van der Waals surface area contributed by atoms with Gasteiger partial charge in [-0.05, 0) is 36.0 Å². The number of carbonyl (C=O) groups is 2. The van der Waals surface area contributed by atoms with Gasteiger partial charge in [-0.3, -0.25) is 29.4 Å². The molecule has 220 valence electrons. The average Bonchev–Trinajstić information content (AvgIpc) is 3.32. The van der Waals surface area contributed by atoms with Crippen molar-refractivity contribution in [3.8, 4) is 6.19 Å². The Hall–Kier alpha value is -3.72. The summed E-state index contributed by atoms with van der Waals surface area (Å²) in [7, 11) is 0. The molecule has 2 amide bonds. The SMILES string of the molecule is CC(C)(C)c1ccc(N(C(=O)[C@H]2C[C@@H](O)CN2C#N)C(C(=O)NC2CCCCC2)(c2cnccn2)C(F)(F)F)cc1. The third-order valence-electron chi connectivity index (χ3n) is 7.85. The molecule has 4 rings (SSSR count). The van der Waals surface area contributed by atoms with Crippen molar-refractivity contribution in [2.24, 2.45) is 0 Å². The summed E-state index contributed by atoms with van der Waals surface area (Å²) < 4.78 is 47.2. The fourth-order valence-electron chi connectivity index (χ4n) is 5.66. The molecule has 1 saturated heterocycles. The van der Waals surface area contributed by atoms with Crippen LogP contribution >= 0.6 is 0 Å². The van der Waals surface area contributed by atoms with Gasteiger partial charge in [0, 0.05) is 30.5 Å². The molecule has 2 aliphatic rings. The summed E-state index contributed by atoms with van der Waals surface area (Å²) in [5.74, 6) is -2.61. The molecule has 1 aromatic heterocycles. The zero-order chi connectivity index (χ0) is 30.0. The summed E-state index contributed by atoms with van der Waals surface area (Å²) in [5.41, 5.74) is -4.15. The average molecular weight is 573 g/mol. The number of hydrogen-bond donors (Lipinski definition) is 2. The zero-order valence-corrected chi connectivity index (χ0v) is 23.4. The van der Waals surface area contributed by atoms with Crippen molar-refractivity contribution in [2.45, 2.75) is 94.6 Å². The minimum absolute atomic E-state index is 0.205. The van der Waals surface area contributed by atoms with Crippen LogP contribution in [0.3, 0.4) is 0 Å². The first-order valence-corrected chi connectivity index (χ1v) is 13.7. The van der Waals surface area contributed by atoms with Crippen LogP contribution in [0.25, 0.3) is 0 Å². The van der Waals surface area contributed by atoms with Gasteiger partial charge >= 0.3 is 6.18 Å². The number of β-amino-alcohol motifs (C(OH)–C–C–N with tert-alkyl or cyclic N) is 1. The Morgan fingerprint density at radius 1 is 1.10 bits per heavy atom. The molecule has 0 spiro atoms. The Kier molecular flexibility index (Phi) is 8.59. The number of carbonyl (C=O) groups excluding carboxylic acids is 2. The normalized spacial score (nSPS) is 21.6. The van der Waals surface area contributed by atoms with Crippen molar-refractivity contribution in [1.29, 1.82) is 5.26 Å². The minimum atomic E-state index is -5.37. The molecule has 0 radical (unpaired) electrons. The lowest BCUT2D eigenvalue weighted by Gasteiger charge is -2.44. The predicted octanol–water partition coefficient (Wildman–Crippen LogP) is 3.93. The zero-order valence-electron chi connectivity index (χ0n) is 23.4. The van der Waals surface area contributed by atoms with Crippen molar-refractivity contribution in [3.05, 3.63) is 54.1 Å². The maximum Gasteiger partial charge on any atom is 0.427 e. The number of amides is 2. The maximum atomic E-state index is 15.7. The van der Waals surface area contributed by atoms with Gasteiger partial charge in [0.15, 0.2) is 6.19 Å².